The molecule has 4 aromatic rings. The molecule has 7 nitrogen and oxygen atoms in total. The van der Waals surface area contributed by atoms with Crippen molar-refractivity contribution in [2.75, 3.05) is 26.3 Å². The Balaban J connectivity index is 1.50. The lowest BCUT2D eigenvalue weighted by atomic mass is 9.99. The number of amides is 2. The molecule has 5 heterocycles. The third-order valence-electron chi connectivity index (χ3n) is 6.64. The number of imide groups is 1. The Kier molecular flexibility index (Phi) is 4.88. The van der Waals surface area contributed by atoms with Crippen molar-refractivity contribution in [3.63, 3.8) is 0 Å². The maximum absolute atomic E-state index is 13.0. The number of benzene rings is 1. The number of hydrogen-bond donors (Lipinski definition) is 2. The van der Waals surface area contributed by atoms with Crippen LogP contribution in [0.5, 0.6) is 0 Å². The Morgan fingerprint density at radius 3 is 2.70 bits per heavy atom. The number of fused-ring (bicyclic) bond motifs is 2. The van der Waals surface area contributed by atoms with Gasteiger partial charge in [-0.25, -0.2) is 4.39 Å². The molecular formula is C24H22FN5O2S. The molecule has 0 spiro atoms. The predicted octanol–water partition coefficient (Wildman–Crippen LogP) is 3.75. The van der Waals surface area contributed by atoms with E-state index < -0.39 is 11.8 Å². The lowest BCUT2D eigenvalue weighted by Gasteiger charge is -2.31. The molecule has 33 heavy (non-hydrogen) atoms. The zero-order valence-corrected chi connectivity index (χ0v) is 18.6. The number of rotatable bonds is 5. The SMILES string of the molecule is O=C1NC(=O)C(c2c[nH]c3ccsc23)=C1c1nn(C2CCN(CCF)CC2)c2ccccc12. The number of carbonyl (C=O) groups is 2. The van der Waals surface area contributed by atoms with Gasteiger partial charge in [-0.1, -0.05) is 18.2 Å². The second-order valence-corrected chi connectivity index (χ2v) is 9.39. The summed E-state index contributed by atoms with van der Waals surface area (Å²) in [6.07, 6.45) is 3.50. The van der Waals surface area contributed by atoms with Crippen LogP contribution in [-0.4, -0.2) is 57.8 Å². The number of aromatic amines is 1. The molecule has 2 aliphatic heterocycles. The summed E-state index contributed by atoms with van der Waals surface area (Å²) in [6.45, 7) is 1.75. The summed E-state index contributed by atoms with van der Waals surface area (Å²) in [5.74, 6) is -0.823. The lowest BCUT2D eigenvalue weighted by Crippen LogP contribution is -2.36. The highest BCUT2D eigenvalue weighted by molar-refractivity contribution is 7.17. The molecule has 2 aliphatic rings. The molecule has 6 rings (SSSR count). The van der Waals surface area contributed by atoms with Gasteiger partial charge in [0.25, 0.3) is 11.8 Å². The number of halogens is 1. The lowest BCUT2D eigenvalue weighted by molar-refractivity contribution is -0.122. The van der Waals surface area contributed by atoms with Gasteiger partial charge in [-0.3, -0.25) is 19.6 Å². The third-order valence-corrected chi connectivity index (χ3v) is 7.58. The van der Waals surface area contributed by atoms with Gasteiger partial charge in [0.15, 0.2) is 0 Å². The second kappa shape index (κ2) is 7.93. The fraction of sp³-hybridized carbons (Fsp3) is 0.292. The van der Waals surface area contributed by atoms with Crippen molar-refractivity contribution in [2.24, 2.45) is 0 Å². The fourth-order valence-electron chi connectivity index (χ4n) is 5.03. The van der Waals surface area contributed by atoms with E-state index in [4.69, 9.17) is 5.10 Å². The molecule has 3 aromatic heterocycles. The fourth-order valence-corrected chi connectivity index (χ4v) is 5.91. The van der Waals surface area contributed by atoms with Gasteiger partial charge in [0.05, 0.1) is 32.9 Å². The van der Waals surface area contributed by atoms with Crippen LogP contribution in [0.1, 0.15) is 30.1 Å². The van der Waals surface area contributed by atoms with Gasteiger partial charge in [0.2, 0.25) is 0 Å². The first-order valence-electron chi connectivity index (χ1n) is 11.1. The highest BCUT2D eigenvalue weighted by Gasteiger charge is 2.36. The largest absolute Gasteiger partial charge is 0.360 e. The number of piperidine rings is 1. The minimum Gasteiger partial charge on any atom is -0.360 e. The normalized spacial score (nSPS) is 18.2. The Hall–Kier alpha value is -3.30. The molecule has 168 valence electrons. The summed E-state index contributed by atoms with van der Waals surface area (Å²) >= 11 is 1.53. The average Bonchev–Trinajstić information content (AvgIpc) is 3.57. The molecule has 0 atom stereocenters. The molecule has 2 amide bonds. The summed E-state index contributed by atoms with van der Waals surface area (Å²) in [6, 6.07) is 9.94. The monoisotopic (exact) mass is 463 g/mol. The van der Waals surface area contributed by atoms with Crippen molar-refractivity contribution in [1.29, 1.82) is 0 Å². The predicted molar refractivity (Wildman–Crippen MR) is 127 cm³/mol. The number of likely N-dealkylation sites (tertiary alicyclic amines) is 1. The van der Waals surface area contributed by atoms with Gasteiger partial charge in [0, 0.05) is 36.8 Å². The number of thiophene rings is 1. The van der Waals surface area contributed by atoms with Gasteiger partial charge in [-0.15, -0.1) is 11.3 Å². The topological polar surface area (TPSA) is 83.0 Å². The molecule has 0 radical (unpaired) electrons. The number of hydrogen-bond acceptors (Lipinski definition) is 5. The van der Waals surface area contributed by atoms with Gasteiger partial charge in [-0.2, -0.15) is 5.10 Å². The number of nitrogens with zero attached hydrogens (tertiary/aromatic N) is 3. The Morgan fingerprint density at radius 1 is 1.09 bits per heavy atom. The molecule has 0 aliphatic carbocycles. The minimum absolute atomic E-state index is 0.153. The van der Waals surface area contributed by atoms with E-state index in [0.29, 0.717) is 23.4 Å². The van der Waals surface area contributed by atoms with Crippen LogP contribution >= 0.6 is 11.3 Å². The van der Waals surface area contributed by atoms with Crippen LogP contribution in [0.2, 0.25) is 0 Å². The Morgan fingerprint density at radius 2 is 1.88 bits per heavy atom. The minimum atomic E-state index is -0.422. The summed E-state index contributed by atoms with van der Waals surface area (Å²) < 4.78 is 15.7. The molecule has 1 fully saturated rings. The number of alkyl halides is 1. The van der Waals surface area contributed by atoms with Crippen molar-refractivity contribution in [3.8, 4) is 0 Å². The molecule has 1 aromatic carbocycles. The summed E-state index contributed by atoms with van der Waals surface area (Å²) in [7, 11) is 0. The quantitative estimate of drug-likeness (QED) is 0.442. The highest BCUT2D eigenvalue weighted by Crippen LogP contribution is 2.39. The summed E-state index contributed by atoms with van der Waals surface area (Å²) in [5, 5.41) is 10.2. The van der Waals surface area contributed by atoms with Crippen molar-refractivity contribution in [1.82, 2.24) is 25.0 Å². The van der Waals surface area contributed by atoms with Crippen LogP contribution in [0.25, 0.3) is 32.3 Å². The van der Waals surface area contributed by atoms with E-state index in [0.717, 1.165) is 52.6 Å². The van der Waals surface area contributed by atoms with Crippen LogP contribution in [0.15, 0.2) is 41.9 Å². The van der Waals surface area contributed by atoms with Crippen molar-refractivity contribution in [3.05, 3.63) is 53.2 Å². The smallest absolute Gasteiger partial charge is 0.261 e. The Bertz CT molecular complexity index is 1420. The first kappa shape index (κ1) is 20.3. The first-order chi connectivity index (χ1) is 16.2. The van der Waals surface area contributed by atoms with Gasteiger partial charge < -0.3 is 9.88 Å². The van der Waals surface area contributed by atoms with Crippen molar-refractivity contribution < 1.29 is 14.0 Å². The van der Waals surface area contributed by atoms with Crippen molar-refractivity contribution >= 4 is 55.4 Å². The first-order valence-corrected chi connectivity index (χ1v) is 11.9. The Labute approximate surface area is 192 Å². The van der Waals surface area contributed by atoms with E-state index in [1.165, 1.54) is 11.3 Å². The number of para-hydroxylation sites is 1. The molecule has 0 bridgehead atoms. The second-order valence-electron chi connectivity index (χ2n) is 8.47. The van der Waals surface area contributed by atoms with Crippen LogP contribution in [0.3, 0.4) is 0 Å². The van der Waals surface area contributed by atoms with E-state index >= 15 is 0 Å². The van der Waals surface area contributed by atoms with Gasteiger partial charge in [-0.05, 0) is 30.4 Å². The number of aromatic nitrogens is 3. The number of carbonyl (C=O) groups excluding carboxylic acids is 2. The molecule has 0 unspecified atom stereocenters. The molecule has 2 N–H and O–H groups in total. The third kappa shape index (κ3) is 3.22. The van der Waals surface area contributed by atoms with Crippen LogP contribution in [0, 0.1) is 0 Å². The zero-order valence-electron chi connectivity index (χ0n) is 17.8. The number of nitrogens with one attached hydrogen (secondary N) is 2. The molecule has 0 saturated carbocycles. The van der Waals surface area contributed by atoms with Gasteiger partial charge >= 0.3 is 0 Å². The maximum atomic E-state index is 13.0. The zero-order chi connectivity index (χ0) is 22.5. The van der Waals surface area contributed by atoms with E-state index in [2.05, 4.69) is 15.2 Å². The van der Waals surface area contributed by atoms with Crippen molar-refractivity contribution in [2.45, 2.75) is 18.9 Å². The van der Waals surface area contributed by atoms with Gasteiger partial charge in [0.1, 0.15) is 12.4 Å². The van der Waals surface area contributed by atoms with E-state index in [9.17, 15) is 14.0 Å². The standard InChI is InChI=1S/C24H22FN5O2S/c25-8-11-29-9-5-14(6-10-29)30-18-4-2-1-3-15(18)21(28-30)20-19(23(31)27-24(20)32)16-13-26-17-7-12-33-22(16)17/h1-4,7,12-14,26H,5-6,8-11H2,(H,27,31,32). The average molecular weight is 464 g/mol. The number of H-pyrrole nitrogens is 1. The van der Waals surface area contributed by atoms with E-state index in [-0.39, 0.29) is 12.7 Å². The van der Waals surface area contributed by atoms with Crippen LogP contribution < -0.4 is 5.32 Å². The summed E-state index contributed by atoms with van der Waals surface area (Å²) in [5.41, 5.74) is 3.80. The molecule has 9 heteroatoms. The molecular weight excluding hydrogens is 441 g/mol. The van der Waals surface area contributed by atoms with Crippen LogP contribution in [-0.2, 0) is 9.59 Å². The maximum Gasteiger partial charge on any atom is 0.261 e. The highest BCUT2D eigenvalue weighted by atomic mass is 32.1. The van der Waals surface area contributed by atoms with E-state index in [1.54, 1.807) is 6.20 Å². The van der Waals surface area contributed by atoms with E-state index in [1.807, 2.05) is 40.4 Å². The molecule has 1 saturated heterocycles. The van der Waals surface area contributed by atoms with Crippen LogP contribution in [0.4, 0.5) is 4.39 Å². The summed E-state index contributed by atoms with van der Waals surface area (Å²) in [4.78, 5) is 31.2.